The lowest BCUT2D eigenvalue weighted by Crippen LogP contribution is -2.16. The lowest BCUT2D eigenvalue weighted by molar-refractivity contribution is 0.0533. The largest absolute Gasteiger partial charge is 0.462 e. The van der Waals surface area contributed by atoms with E-state index in [1.165, 1.54) is 37.0 Å². The molecule has 0 atom stereocenters. The van der Waals surface area contributed by atoms with Crippen molar-refractivity contribution in [2.24, 2.45) is 11.3 Å². The zero-order valence-corrected chi connectivity index (χ0v) is 12.0. The highest BCUT2D eigenvalue weighted by molar-refractivity contribution is 7.18. The highest BCUT2D eigenvalue weighted by Crippen LogP contribution is 2.61. The minimum atomic E-state index is -0.318. The summed E-state index contributed by atoms with van der Waals surface area (Å²) < 4.78 is 4.99. The highest BCUT2D eigenvalue weighted by atomic mass is 32.1. The average Bonchev–Trinajstić information content (AvgIpc) is 3.25. The van der Waals surface area contributed by atoms with Crippen LogP contribution >= 0.6 is 11.3 Å². The molecule has 2 saturated carbocycles. The first kappa shape index (κ1) is 12.8. The highest BCUT2D eigenvalue weighted by Gasteiger charge is 2.53. The smallest absolute Gasteiger partial charge is 0.350 e. The van der Waals surface area contributed by atoms with Crippen LogP contribution in [0.25, 0.3) is 0 Å². The van der Waals surface area contributed by atoms with Crippen LogP contribution in [0.4, 0.5) is 10.7 Å². The Bertz CT molecular complexity index is 490. The Balaban J connectivity index is 1.62. The molecule has 1 aromatic heterocycles. The van der Waals surface area contributed by atoms with E-state index in [1.54, 1.807) is 6.92 Å². The third-order valence-corrected chi connectivity index (χ3v) is 5.26. The van der Waals surface area contributed by atoms with E-state index in [4.69, 9.17) is 10.5 Å². The van der Waals surface area contributed by atoms with Crippen LogP contribution in [0.3, 0.4) is 0 Å². The van der Waals surface area contributed by atoms with Gasteiger partial charge in [-0.25, -0.2) is 4.79 Å². The monoisotopic (exact) mass is 280 g/mol. The van der Waals surface area contributed by atoms with Crippen molar-refractivity contribution in [2.45, 2.75) is 32.6 Å². The number of ether oxygens (including phenoxy) is 1. The Morgan fingerprint density at radius 1 is 1.58 bits per heavy atom. The van der Waals surface area contributed by atoms with Crippen molar-refractivity contribution < 1.29 is 9.53 Å². The van der Waals surface area contributed by atoms with Gasteiger partial charge in [0.25, 0.3) is 0 Å². The van der Waals surface area contributed by atoms with Crippen LogP contribution in [0.1, 0.15) is 42.3 Å². The van der Waals surface area contributed by atoms with Gasteiger partial charge in [-0.3, -0.25) is 0 Å². The van der Waals surface area contributed by atoms with Gasteiger partial charge >= 0.3 is 5.97 Å². The van der Waals surface area contributed by atoms with Crippen molar-refractivity contribution in [1.29, 1.82) is 0 Å². The number of nitrogen functional groups attached to an aromatic ring is 1. The molecule has 0 radical (unpaired) electrons. The molecule has 1 aromatic rings. The van der Waals surface area contributed by atoms with Gasteiger partial charge < -0.3 is 15.8 Å². The normalized spacial score (nSPS) is 20.1. The second-order valence-corrected chi connectivity index (χ2v) is 6.66. The van der Waals surface area contributed by atoms with Gasteiger partial charge in [-0.15, -0.1) is 11.3 Å². The molecule has 4 nitrogen and oxygen atoms in total. The summed E-state index contributed by atoms with van der Waals surface area (Å²) in [6.45, 7) is 3.19. The Kier molecular flexibility index (Phi) is 3.17. The standard InChI is InChI=1S/C14H20N2O2S/c1-2-18-13(17)12-10(15)7-11(19-12)16-8-14(5-6-14)9-3-4-9/h7,9,16H,2-6,8,15H2,1H3. The minimum absolute atomic E-state index is 0.318. The van der Waals surface area contributed by atoms with Gasteiger partial charge in [0.15, 0.2) is 0 Å². The molecule has 19 heavy (non-hydrogen) atoms. The number of thiophene rings is 1. The third kappa shape index (κ3) is 2.56. The number of anilines is 2. The SMILES string of the molecule is CCOC(=O)c1sc(NCC2(C3CC3)CC2)cc1N. The predicted octanol–water partition coefficient (Wildman–Crippen LogP) is 3.11. The van der Waals surface area contributed by atoms with Crippen LogP contribution < -0.4 is 11.1 Å². The third-order valence-electron chi connectivity index (χ3n) is 4.17. The zero-order valence-electron chi connectivity index (χ0n) is 11.2. The predicted molar refractivity (Wildman–Crippen MR) is 77.6 cm³/mol. The second-order valence-electron chi connectivity index (χ2n) is 5.61. The van der Waals surface area contributed by atoms with Crippen molar-refractivity contribution in [3.63, 3.8) is 0 Å². The summed E-state index contributed by atoms with van der Waals surface area (Å²) in [5.41, 5.74) is 6.93. The zero-order chi connectivity index (χ0) is 13.5. The van der Waals surface area contributed by atoms with Gasteiger partial charge in [0, 0.05) is 6.54 Å². The maximum atomic E-state index is 11.7. The van der Waals surface area contributed by atoms with E-state index in [0.29, 0.717) is 22.6 Å². The first-order valence-corrected chi connectivity index (χ1v) is 7.76. The molecule has 0 spiro atoms. The molecule has 0 aromatic carbocycles. The molecule has 2 aliphatic carbocycles. The molecular formula is C14H20N2O2S. The van der Waals surface area contributed by atoms with Crippen LogP contribution in [0.15, 0.2) is 6.07 Å². The lowest BCUT2D eigenvalue weighted by Gasteiger charge is -2.14. The Hall–Kier alpha value is -1.23. The van der Waals surface area contributed by atoms with Gasteiger partial charge in [0.05, 0.1) is 17.3 Å². The van der Waals surface area contributed by atoms with Gasteiger partial charge in [0.2, 0.25) is 0 Å². The summed E-state index contributed by atoms with van der Waals surface area (Å²) in [7, 11) is 0. The van der Waals surface area contributed by atoms with E-state index >= 15 is 0 Å². The molecule has 1 heterocycles. The van der Waals surface area contributed by atoms with E-state index in [1.807, 2.05) is 6.07 Å². The maximum absolute atomic E-state index is 11.7. The van der Waals surface area contributed by atoms with Crippen LogP contribution in [0.2, 0.25) is 0 Å². The van der Waals surface area contributed by atoms with E-state index < -0.39 is 0 Å². The molecule has 3 N–H and O–H groups in total. The van der Waals surface area contributed by atoms with Crippen molar-refractivity contribution >= 4 is 28.0 Å². The molecule has 0 aliphatic heterocycles. The number of nitrogens with one attached hydrogen (secondary N) is 1. The molecule has 0 unspecified atom stereocenters. The number of carbonyl (C=O) groups is 1. The van der Waals surface area contributed by atoms with E-state index in [0.717, 1.165) is 17.5 Å². The molecule has 0 bridgehead atoms. The number of hydrogen-bond donors (Lipinski definition) is 2. The number of hydrogen-bond acceptors (Lipinski definition) is 5. The minimum Gasteiger partial charge on any atom is -0.462 e. The summed E-state index contributed by atoms with van der Waals surface area (Å²) in [5.74, 6) is 0.614. The fraction of sp³-hybridized carbons (Fsp3) is 0.643. The number of carbonyl (C=O) groups excluding carboxylic acids is 1. The molecule has 5 heteroatoms. The summed E-state index contributed by atoms with van der Waals surface area (Å²) in [4.78, 5) is 12.2. The summed E-state index contributed by atoms with van der Waals surface area (Å²) in [5, 5.41) is 4.44. The summed E-state index contributed by atoms with van der Waals surface area (Å²) in [6, 6.07) is 1.85. The van der Waals surface area contributed by atoms with Gasteiger partial charge in [0.1, 0.15) is 4.88 Å². The Morgan fingerprint density at radius 3 is 2.89 bits per heavy atom. The molecular weight excluding hydrogens is 260 g/mol. The quantitative estimate of drug-likeness (QED) is 0.786. The topological polar surface area (TPSA) is 64.3 Å². The van der Waals surface area contributed by atoms with E-state index in [2.05, 4.69) is 5.32 Å². The van der Waals surface area contributed by atoms with Crippen LogP contribution in [0, 0.1) is 11.3 Å². The molecule has 2 aliphatic rings. The van der Waals surface area contributed by atoms with Crippen LogP contribution in [-0.2, 0) is 4.74 Å². The molecule has 0 saturated heterocycles. The average molecular weight is 280 g/mol. The van der Waals surface area contributed by atoms with Crippen molar-refractivity contribution in [2.75, 3.05) is 24.2 Å². The van der Waals surface area contributed by atoms with Crippen LogP contribution in [-0.4, -0.2) is 19.1 Å². The number of esters is 1. The van der Waals surface area contributed by atoms with Gasteiger partial charge in [-0.2, -0.15) is 0 Å². The number of rotatable bonds is 6. The Labute approximate surface area is 117 Å². The van der Waals surface area contributed by atoms with Gasteiger partial charge in [-0.05, 0) is 50.0 Å². The first-order valence-electron chi connectivity index (χ1n) is 6.95. The van der Waals surface area contributed by atoms with Gasteiger partial charge in [-0.1, -0.05) is 0 Å². The molecule has 104 valence electrons. The fourth-order valence-electron chi connectivity index (χ4n) is 2.70. The molecule has 0 amide bonds. The fourth-order valence-corrected chi connectivity index (χ4v) is 3.57. The summed E-state index contributed by atoms with van der Waals surface area (Å²) in [6.07, 6.45) is 5.47. The van der Waals surface area contributed by atoms with E-state index in [9.17, 15) is 4.79 Å². The van der Waals surface area contributed by atoms with Crippen molar-refractivity contribution in [3.8, 4) is 0 Å². The maximum Gasteiger partial charge on any atom is 0.350 e. The lowest BCUT2D eigenvalue weighted by atomic mass is 10.0. The Morgan fingerprint density at radius 2 is 2.32 bits per heavy atom. The first-order chi connectivity index (χ1) is 9.14. The number of nitrogens with two attached hydrogens (primary N) is 1. The van der Waals surface area contributed by atoms with Crippen molar-refractivity contribution in [3.05, 3.63) is 10.9 Å². The molecule has 3 rings (SSSR count). The second kappa shape index (κ2) is 4.71. The summed E-state index contributed by atoms with van der Waals surface area (Å²) >= 11 is 1.40. The van der Waals surface area contributed by atoms with E-state index in [-0.39, 0.29) is 5.97 Å². The van der Waals surface area contributed by atoms with Crippen LogP contribution in [0.5, 0.6) is 0 Å². The van der Waals surface area contributed by atoms with Crippen molar-refractivity contribution in [1.82, 2.24) is 0 Å². The molecule has 2 fully saturated rings.